The zero-order valence-corrected chi connectivity index (χ0v) is 22.8. The number of amides is 5. The number of rotatable bonds is 17. The van der Waals surface area contributed by atoms with E-state index in [0.29, 0.717) is 11.1 Å². The second kappa shape index (κ2) is 16.3. The summed E-state index contributed by atoms with van der Waals surface area (Å²) in [6, 6.07) is 9.36. The molecule has 5 amide bonds. The number of hydrogen-bond acceptors (Lipinski definition) is 8. The molecular formula is C28H36N6O8. The molecule has 0 saturated heterocycles. The molecular weight excluding hydrogens is 548 g/mol. The van der Waals surface area contributed by atoms with Gasteiger partial charge in [-0.15, -0.1) is 0 Å². The van der Waals surface area contributed by atoms with Crippen molar-refractivity contribution in [2.24, 2.45) is 17.2 Å². The number of nitrogens with one attached hydrogen (secondary N) is 3. The standard InChI is InChI=1S/C28H36N6O8/c29-19(10-12-23(30)36)25(38)33-21(15-17-6-8-18(35)9-7-17)27(40)34-22(14-16-4-2-1-3-5-16)26(39)32-20(28(41)42)11-13-24(31)37/h1-9,19-22,35H,10-15,29H2,(H2,30,36)(H2,31,37)(H,32,39)(H,33,38)(H,34,40)(H,41,42). The summed E-state index contributed by atoms with van der Waals surface area (Å²) in [5, 5.41) is 26.6. The molecule has 0 spiro atoms. The topological polar surface area (TPSA) is 257 Å². The first-order chi connectivity index (χ1) is 19.8. The lowest BCUT2D eigenvalue weighted by atomic mass is 10.0. The highest BCUT2D eigenvalue weighted by Gasteiger charge is 2.31. The molecule has 0 aliphatic rings. The van der Waals surface area contributed by atoms with Crippen LogP contribution in [0.25, 0.3) is 0 Å². The summed E-state index contributed by atoms with van der Waals surface area (Å²) in [5.74, 6) is -5.15. The van der Waals surface area contributed by atoms with E-state index in [2.05, 4.69) is 16.0 Å². The molecule has 0 aliphatic heterocycles. The van der Waals surface area contributed by atoms with Gasteiger partial charge in [-0.2, -0.15) is 0 Å². The molecule has 2 aromatic carbocycles. The van der Waals surface area contributed by atoms with Gasteiger partial charge in [0.25, 0.3) is 0 Å². The van der Waals surface area contributed by atoms with Crippen LogP contribution in [0.2, 0.25) is 0 Å². The van der Waals surface area contributed by atoms with Crippen molar-refractivity contribution in [3.8, 4) is 5.75 Å². The summed E-state index contributed by atoms with van der Waals surface area (Å²) >= 11 is 0. The molecule has 14 nitrogen and oxygen atoms in total. The smallest absolute Gasteiger partial charge is 0.326 e. The molecule has 0 aliphatic carbocycles. The van der Waals surface area contributed by atoms with Gasteiger partial charge in [0.2, 0.25) is 29.5 Å². The molecule has 2 rings (SSSR count). The number of aliphatic carboxylic acids is 1. The minimum Gasteiger partial charge on any atom is -0.508 e. The number of benzene rings is 2. The van der Waals surface area contributed by atoms with Crippen LogP contribution in [-0.4, -0.2) is 69.9 Å². The SMILES string of the molecule is NC(=O)CCC(N)C(=O)NC(Cc1ccc(O)cc1)C(=O)NC(Cc1ccccc1)C(=O)NC(CCC(N)=O)C(=O)O. The molecule has 4 unspecified atom stereocenters. The lowest BCUT2D eigenvalue weighted by Crippen LogP contribution is -2.58. The first-order valence-electron chi connectivity index (χ1n) is 13.1. The van der Waals surface area contributed by atoms with E-state index in [9.17, 15) is 39.0 Å². The number of phenolic OH excluding ortho intramolecular Hbond substituents is 1. The van der Waals surface area contributed by atoms with E-state index in [0.717, 1.165) is 0 Å². The number of phenols is 1. The summed E-state index contributed by atoms with van der Waals surface area (Å²) < 4.78 is 0. The Labute approximate surface area is 242 Å². The molecule has 42 heavy (non-hydrogen) atoms. The maximum absolute atomic E-state index is 13.5. The van der Waals surface area contributed by atoms with E-state index in [1.165, 1.54) is 12.1 Å². The second-order valence-electron chi connectivity index (χ2n) is 9.70. The van der Waals surface area contributed by atoms with Crippen molar-refractivity contribution in [2.75, 3.05) is 0 Å². The number of carboxylic acids is 1. The average molecular weight is 585 g/mol. The molecule has 0 bridgehead atoms. The van der Waals surface area contributed by atoms with E-state index in [4.69, 9.17) is 17.2 Å². The van der Waals surface area contributed by atoms with Crippen molar-refractivity contribution in [2.45, 2.75) is 62.7 Å². The maximum atomic E-state index is 13.5. The minimum absolute atomic E-state index is 0.0128. The fraction of sp³-hybridized carbons (Fsp3) is 0.357. The first-order valence-corrected chi connectivity index (χ1v) is 13.1. The monoisotopic (exact) mass is 584 g/mol. The highest BCUT2D eigenvalue weighted by molar-refractivity contribution is 5.94. The zero-order valence-electron chi connectivity index (χ0n) is 22.8. The number of aromatic hydroxyl groups is 1. The average Bonchev–Trinajstić information content (AvgIpc) is 2.94. The number of hydrogen-bond donors (Lipinski definition) is 8. The molecule has 2 aromatic rings. The van der Waals surface area contributed by atoms with Crippen LogP contribution in [0.1, 0.15) is 36.8 Å². The van der Waals surface area contributed by atoms with Gasteiger partial charge >= 0.3 is 5.97 Å². The van der Waals surface area contributed by atoms with Crippen molar-refractivity contribution in [1.29, 1.82) is 0 Å². The van der Waals surface area contributed by atoms with Gasteiger partial charge in [-0.05, 0) is 36.1 Å². The zero-order chi connectivity index (χ0) is 31.2. The predicted molar refractivity (Wildman–Crippen MR) is 150 cm³/mol. The van der Waals surface area contributed by atoms with Crippen LogP contribution in [0.4, 0.5) is 0 Å². The Morgan fingerprint density at radius 2 is 1.10 bits per heavy atom. The fourth-order valence-corrected chi connectivity index (χ4v) is 3.93. The Morgan fingerprint density at radius 1 is 0.643 bits per heavy atom. The molecule has 4 atom stereocenters. The molecule has 226 valence electrons. The Morgan fingerprint density at radius 3 is 1.60 bits per heavy atom. The predicted octanol–water partition coefficient (Wildman–Crippen LogP) is -1.43. The van der Waals surface area contributed by atoms with Gasteiger partial charge in [-0.3, -0.25) is 24.0 Å². The van der Waals surface area contributed by atoms with E-state index < -0.39 is 59.7 Å². The van der Waals surface area contributed by atoms with E-state index in [1.54, 1.807) is 42.5 Å². The Bertz CT molecular complexity index is 1250. The molecule has 0 saturated carbocycles. The van der Waals surface area contributed by atoms with Gasteiger partial charge in [-0.1, -0.05) is 42.5 Å². The van der Waals surface area contributed by atoms with Crippen molar-refractivity contribution in [3.63, 3.8) is 0 Å². The molecule has 14 heteroatoms. The van der Waals surface area contributed by atoms with Gasteiger partial charge < -0.3 is 43.4 Å². The number of primary amides is 2. The van der Waals surface area contributed by atoms with Gasteiger partial charge in [0.1, 0.15) is 23.9 Å². The van der Waals surface area contributed by atoms with Crippen molar-refractivity contribution >= 4 is 35.5 Å². The van der Waals surface area contributed by atoms with Crippen molar-refractivity contribution < 1.29 is 39.0 Å². The van der Waals surface area contributed by atoms with Gasteiger partial charge in [0.15, 0.2) is 0 Å². The molecule has 0 aromatic heterocycles. The second-order valence-corrected chi connectivity index (χ2v) is 9.70. The molecule has 0 heterocycles. The van der Waals surface area contributed by atoms with E-state index in [1.807, 2.05) is 0 Å². The van der Waals surface area contributed by atoms with Crippen LogP contribution in [0.5, 0.6) is 5.75 Å². The molecule has 0 radical (unpaired) electrons. The van der Waals surface area contributed by atoms with Gasteiger partial charge in [0, 0.05) is 25.7 Å². The normalized spacial score (nSPS) is 13.5. The lowest BCUT2D eigenvalue weighted by Gasteiger charge is -2.25. The number of nitrogens with two attached hydrogens (primary N) is 3. The molecule has 0 fully saturated rings. The largest absolute Gasteiger partial charge is 0.508 e. The summed E-state index contributed by atoms with van der Waals surface area (Å²) in [4.78, 5) is 73.5. The van der Waals surface area contributed by atoms with Gasteiger partial charge in [-0.25, -0.2) is 4.79 Å². The maximum Gasteiger partial charge on any atom is 0.326 e. The first kappa shape index (κ1) is 33.2. The summed E-state index contributed by atoms with van der Waals surface area (Å²) in [6.45, 7) is 0. The van der Waals surface area contributed by atoms with Crippen LogP contribution in [0.3, 0.4) is 0 Å². The third-order valence-electron chi connectivity index (χ3n) is 6.26. The summed E-state index contributed by atoms with van der Waals surface area (Å²) in [6.07, 6.45) is -0.845. The third-order valence-corrected chi connectivity index (χ3v) is 6.26. The van der Waals surface area contributed by atoms with Gasteiger partial charge in [0.05, 0.1) is 6.04 Å². The van der Waals surface area contributed by atoms with E-state index >= 15 is 0 Å². The highest BCUT2D eigenvalue weighted by atomic mass is 16.4. The minimum atomic E-state index is -1.45. The van der Waals surface area contributed by atoms with Crippen LogP contribution in [-0.2, 0) is 41.6 Å². The fourth-order valence-electron chi connectivity index (χ4n) is 3.93. The van der Waals surface area contributed by atoms with Crippen LogP contribution in [0.15, 0.2) is 54.6 Å². The summed E-state index contributed by atoms with van der Waals surface area (Å²) in [5.41, 5.74) is 17.3. The Balaban J connectivity index is 2.31. The third kappa shape index (κ3) is 11.6. The van der Waals surface area contributed by atoms with Crippen molar-refractivity contribution in [3.05, 3.63) is 65.7 Å². The molecule has 11 N–H and O–H groups in total. The quantitative estimate of drug-likeness (QED) is 0.108. The summed E-state index contributed by atoms with van der Waals surface area (Å²) in [7, 11) is 0. The van der Waals surface area contributed by atoms with Crippen molar-refractivity contribution in [1.82, 2.24) is 16.0 Å². The van der Waals surface area contributed by atoms with Crippen LogP contribution < -0.4 is 33.2 Å². The number of carbonyl (C=O) groups is 6. The van der Waals surface area contributed by atoms with Crippen LogP contribution >= 0.6 is 0 Å². The Kier molecular flexibility index (Phi) is 12.9. The Hall–Kier alpha value is -4.98. The van der Waals surface area contributed by atoms with E-state index in [-0.39, 0.29) is 44.3 Å². The highest BCUT2D eigenvalue weighted by Crippen LogP contribution is 2.13. The number of carbonyl (C=O) groups excluding carboxylic acids is 5. The lowest BCUT2D eigenvalue weighted by molar-refractivity contribution is -0.142. The van der Waals surface area contributed by atoms with Crippen LogP contribution in [0, 0.1) is 0 Å². The number of carboxylic acid groups (broad SMARTS) is 1.